The Bertz CT molecular complexity index is 641. The number of para-hydroxylation sites is 1. The number of aryl methyl sites for hydroxylation is 1. The van der Waals surface area contributed by atoms with Gasteiger partial charge in [0.05, 0.1) is 5.52 Å². The fraction of sp³-hybridized carbons (Fsp3) is 0.526. The van der Waals surface area contributed by atoms with Crippen LogP contribution in [0.25, 0.3) is 10.9 Å². The maximum absolute atomic E-state index is 4.99. The molecule has 0 radical (unpaired) electrons. The molecule has 1 aliphatic carbocycles. The van der Waals surface area contributed by atoms with Crippen LogP contribution in [0.5, 0.6) is 0 Å². The molecular formula is C19H24N2. The monoisotopic (exact) mass is 280 g/mol. The highest BCUT2D eigenvalue weighted by Crippen LogP contribution is 2.39. The first-order valence-corrected chi connectivity index (χ1v) is 8.54. The molecule has 4 rings (SSSR count). The first kappa shape index (κ1) is 13.3. The average molecular weight is 280 g/mol. The van der Waals surface area contributed by atoms with Crippen LogP contribution in [0.1, 0.15) is 61.3 Å². The Kier molecular flexibility index (Phi) is 3.64. The Morgan fingerprint density at radius 3 is 2.76 bits per heavy atom. The minimum absolute atomic E-state index is 0.750. The van der Waals surface area contributed by atoms with Gasteiger partial charge < -0.3 is 5.32 Å². The highest BCUT2D eigenvalue weighted by atomic mass is 14.9. The van der Waals surface area contributed by atoms with Crippen LogP contribution < -0.4 is 5.32 Å². The molecule has 1 aromatic heterocycles. The van der Waals surface area contributed by atoms with Gasteiger partial charge in [-0.1, -0.05) is 37.5 Å². The number of aromatic nitrogens is 1. The van der Waals surface area contributed by atoms with Crippen molar-refractivity contribution < 1.29 is 0 Å². The Labute approximate surface area is 127 Å². The second-order valence-corrected chi connectivity index (χ2v) is 6.58. The molecule has 2 aromatic rings. The van der Waals surface area contributed by atoms with E-state index in [1.807, 2.05) is 0 Å². The second-order valence-electron chi connectivity index (χ2n) is 6.58. The van der Waals surface area contributed by atoms with Gasteiger partial charge in [-0.2, -0.15) is 0 Å². The molecule has 1 N–H and O–H groups in total. The molecular weight excluding hydrogens is 256 g/mol. The number of pyridine rings is 1. The SMILES string of the molecule is c1ccc2c(C3CCCCC3)c3c(nc2c1)CCCNC3. The highest BCUT2D eigenvalue weighted by molar-refractivity contribution is 5.84. The van der Waals surface area contributed by atoms with Gasteiger partial charge in [-0.15, -0.1) is 0 Å². The summed E-state index contributed by atoms with van der Waals surface area (Å²) in [5, 5.41) is 5.02. The van der Waals surface area contributed by atoms with Crippen molar-refractivity contribution in [2.45, 2.75) is 57.4 Å². The molecule has 110 valence electrons. The summed E-state index contributed by atoms with van der Waals surface area (Å²) >= 11 is 0. The van der Waals surface area contributed by atoms with Crippen LogP contribution in [0, 0.1) is 0 Å². The smallest absolute Gasteiger partial charge is 0.0708 e. The number of benzene rings is 1. The second kappa shape index (κ2) is 5.76. The van der Waals surface area contributed by atoms with Crippen molar-refractivity contribution in [2.24, 2.45) is 0 Å². The summed E-state index contributed by atoms with van der Waals surface area (Å²) < 4.78 is 0. The molecule has 2 nitrogen and oxygen atoms in total. The summed E-state index contributed by atoms with van der Waals surface area (Å²) in [5.74, 6) is 0.750. The summed E-state index contributed by atoms with van der Waals surface area (Å²) in [6.07, 6.45) is 9.27. The van der Waals surface area contributed by atoms with E-state index in [1.165, 1.54) is 60.7 Å². The third-order valence-corrected chi connectivity index (χ3v) is 5.21. The third-order valence-electron chi connectivity index (χ3n) is 5.21. The Morgan fingerprint density at radius 1 is 1.00 bits per heavy atom. The van der Waals surface area contributed by atoms with Crippen molar-refractivity contribution in [1.82, 2.24) is 10.3 Å². The maximum Gasteiger partial charge on any atom is 0.0708 e. The van der Waals surface area contributed by atoms with Crippen LogP contribution in [-0.4, -0.2) is 11.5 Å². The molecule has 1 aliphatic heterocycles. The predicted molar refractivity (Wildman–Crippen MR) is 87.6 cm³/mol. The lowest BCUT2D eigenvalue weighted by Gasteiger charge is -2.27. The van der Waals surface area contributed by atoms with Gasteiger partial charge in [0.1, 0.15) is 0 Å². The summed E-state index contributed by atoms with van der Waals surface area (Å²) in [7, 11) is 0. The third kappa shape index (κ3) is 2.46. The van der Waals surface area contributed by atoms with Crippen LogP contribution in [0.15, 0.2) is 24.3 Å². The van der Waals surface area contributed by atoms with Crippen molar-refractivity contribution in [2.75, 3.05) is 6.54 Å². The van der Waals surface area contributed by atoms with Gasteiger partial charge in [0.15, 0.2) is 0 Å². The van der Waals surface area contributed by atoms with Crippen LogP contribution >= 0.6 is 0 Å². The van der Waals surface area contributed by atoms with Gasteiger partial charge in [0.2, 0.25) is 0 Å². The largest absolute Gasteiger partial charge is 0.313 e. The average Bonchev–Trinajstić information content (AvgIpc) is 2.78. The van der Waals surface area contributed by atoms with Gasteiger partial charge in [-0.3, -0.25) is 4.98 Å². The van der Waals surface area contributed by atoms with Crippen molar-refractivity contribution in [1.29, 1.82) is 0 Å². The normalized spacial score (nSPS) is 20.2. The molecule has 0 unspecified atom stereocenters. The zero-order valence-electron chi connectivity index (χ0n) is 12.7. The van der Waals surface area contributed by atoms with Gasteiger partial charge in [0.25, 0.3) is 0 Å². The molecule has 0 saturated heterocycles. The minimum atomic E-state index is 0.750. The number of nitrogens with one attached hydrogen (secondary N) is 1. The fourth-order valence-corrected chi connectivity index (χ4v) is 4.19. The Hall–Kier alpha value is -1.41. The number of nitrogens with zero attached hydrogens (tertiary/aromatic N) is 1. The standard InChI is InChI=1S/C19H24N2/c1-2-7-14(8-3-1)19-15-9-4-5-10-17(15)21-18-11-6-12-20-13-16(18)19/h4-5,9-10,14,20H,1-3,6-8,11-13H2. The molecule has 2 aliphatic rings. The summed E-state index contributed by atoms with van der Waals surface area (Å²) in [6.45, 7) is 2.13. The van der Waals surface area contributed by atoms with Crippen molar-refractivity contribution >= 4 is 10.9 Å². The van der Waals surface area contributed by atoms with Crippen LogP contribution in [0.2, 0.25) is 0 Å². The zero-order chi connectivity index (χ0) is 14.1. The highest BCUT2D eigenvalue weighted by Gasteiger charge is 2.24. The van der Waals surface area contributed by atoms with E-state index in [9.17, 15) is 0 Å². The molecule has 0 atom stereocenters. The first-order valence-electron chi connectivity index (χ1n) is 8.54. The quantitative estimate of drug-likeness (QED) is 0.841. The predicted octanol–water partition coefficient (Wildman–Crippen LogP) is 4.32. The molecule has 1 fully saturated rings. The number of hydrogen-bond acceptors (Lipinski definition) is 2. The molecule has 21 heavy (non-hydrogen) atoms. The molecule has 2 heteroatoms. The van der Waals surface area contributed by atoms with Crippen molar-refractivity contribution in [3.05, 3.63) is 41.1 Å². The maximum atomic E-state index is 4.99. The van der Waals surface area contributed by atoms with E-state index in [0.717, 1.165) is 25.4 Å². The van der Waals surface area contributed by atoms with Gasteiger partial charge in [-0.05, 0) is 55.3 Å². The Balaban J connectivity index is 1.93. The van der Waals surface area contributed by atoms with E-state index in [4.69, 9.17) is 4.98 Å². The first-order chi connectivity index (χ1) is 10.4. The van der Waals surface area contributed by atoms with Crippen LogP contribution in [-0.2, 0) is 13.0 Å². The lowest BCUT2D eigenvalue weighted by molar-refractivity contribution is 0.442. The van der Waals surface area contributed by atoms with Gasteiger partial charge in [-0.25, -0.2) is 0 Å². The van der Waals surface area contributed by atoms with E-state index in [0.29, 0.717) is 0 Å². The summed E-state index contributed by atoms with van der Waals surface area (Å²) in [4.78, 5) is 4.99. The fourth-order valence-electron chi connectivity index (χ4n) is 4.19. The molecule has 0 amide bonds. The summed E-state index contributed by atoms with van der Waals surface area (Å²) in [6, 6.07) is 8.78. The van der Waals surface area contributed by atoms with E-state index < -0.39 is 0 Å². The van der Waals surface area contributed by atoms with Crippen molar-refractivity contribution in [3.8, 4) is 0 Å². The lowest BCUT2D eigenvalue weighted by Crippen LogP contribution is -2.16. The molecule has 2 heterocycles. The van der Waals surface area contributed by atoms with Crippen LogP contribution in [0.3, 0.4) is 0 Å². The van der Waals surface area contributed by atoms with E-state index in [2.05, 4.69) is 29.6 Å². The Morgan fingerprint density at radius 2 is 1.86 bits per heavy atom. The number of fused-ring (bicyclic) bond motifs is 2. The molecule has 0 bridgehead atoms. The molecule has 1 aromatic carbocycles. The molecule has 1 saturated carbocycles. The minimum Gasteiger partial charge on any atom is -0.313 e. The summed E-state index contributed by atoms with van der Waals surface area (Å²) in [5.41, 5.74) is 5.72. The van der Waals surface area contributed by atoms with E-state index in [1.54, 1.807) is 5.56 Å². The van der Waals surface area contributed by atoms with Crippen LogP contribution in [0.4, 0.5) is 0 Å². The van der Waals surface area contributed by atoms with Gasteiger partial charge in [0, 0.05) is 17.6 Å². The van der Waals surface area contributed by atoms with Gasteiger partial charge >= 0.3 is 0 Å². The van der Waals surface area contributed by atoms with E-state index >= 15 is 0 Å². The number of rotatable bonds is 1. The lowest BCUT2D eigenvalue weighted by atomic mass is 9.80. The van der Waals surface area contributed by atoms with E-state index in [-0.39, 0.29) is 0 Å². The number of hydrogen-bond donors (Lipinski definition) is 1. The topological polar surface area (TPSA) is 24.9 Å². The van der Waals surface area contributed by atoms with Crippen molar-refractivity contribution in [3.63, 3.8) is 0 Å². The molecule has 0 spiro atoms. The zero-order valence-corrected chi connectivity index (χ0v) is 12.7.